The first kappa shape index (κ1) is 13.1. The van der Waals surface area contributed by atoms with E-state index < -0.39 is 5.82 Å². The predicted molar refractivity (Wildman–Crippen MR) is 72.7 cm³/mol. The fourth-order valence-electron chi connectivity index (χ4n) is 1.62. The number of carbonyl (C=O) groups excluding carboxylic acids is 1. The summed E-state index contributed by atoms with van der Waals surface area (Å²) in [6.45, 7) is 4.21. The maximum absolute atomic E-state index is 13.4. The Morgan fingerprint density at radius 3 is 2.89 bits per heavy atom. The molecule has 0 bridgehead atoms. The van der Waals surface area contributed by atoms with Crippen molar-refractivity contribution >= 4 is 28.5 Å². The molecular weight excluding hydrogens is 251 g/mol. The van der Waals surface area contributed by atoms with Gasteiger partial charge in [0.05, 0.1) is 5.75 Å². The number of halogens is 1. The molecular formula is C14H15FO2S. The van der Waals surface area contributed by atoms with Crippen LogP contribution in [0.25, 0.3) is 11.0 Å². The Labute approximate surface area is 110 Å². The molecule has 0 aliphatic carbocycles. The fourth-order valence-corrected chi connectivity index (χ4v) is 2.54. The van der Waals surface area contributed by atoms with E-state index in [1.807, 2.05) is 0 Å². The molecule has 96 valence electrons. The molecule has 0 amide bonds. The zero-order valence-corrected chi connectivity index (χ0v) is 11.2. The van der Waals surface area contributed by atoms with E-state index in [9.17, 15) is 9.18 Å². The summed E-state index contributed by atoms with van der Waals surface area (Å²) in [7, 11) is 0. The lowest BCUT2D eigenvalue weighted by atomic mass is 10.2. The topological polar surface area (TPSA) is 30.2 Å². The van der Waals surface area contributed by atoms with Crippen LogP contribution in [0, 0.1) is 11.7 Å². The van der Waals surface area contributed by atoms with Crippen molar-refractivity contribution in [1.82, 2.24) is 0 Å². The van der Waals surface area contributed by atoms with E-state index >= 15 is 0 Å². The summed E-state index contributed by atoms with van der Waals surface area (Å²) < 4.78 is 18.7. The lowest BCUT2D eigenvalue weighted by molar-refractivity contribution is 0.0994. The first-order valence-electron chi connectivity index (χ1n) is 5.87. The molecule has 4 heteroatoms. The molecule has 0 spiro atoms. The van der Waals surface area contributed by atoms with Crippen molar-refractivity contribution < 1.29 is 13.6 Å². The Morgan fingerprint density at radius 1 is 1.44 bits per heavy atom. The molecule has 0 radical (unpaired) electrons. The monoisotopic (exact) mass is 266 g/mol. The molecule has 0 saturated carbocycles. The van der Waals surface area contributed by atoms with E-state index in [-0.39, 0.29) is 17.1 Å². The van der Waals surface area contributed by atoms with Gasteiger partial charge in [0.1, 0.15) is 0 Å². The number of carbonyl (C=O) groups is 1. The Bertz CT molecular complexity index is 560. The van der Waals surface area contributed by atoms with Gasteiger partial charge in [0, 0.05) is 5.39 Å². The van der Waals surface area contributed by atoms with Gasteiger partial charge in [-0.3, -0.25) is 4.79 Å². The van der Waals surface area contributed by atoms with Crippen LogP contribution in [-0.4, -0.2) is 17.3 Å². The summed E-state index contributed by atoms with van der Waals surface area (Å²) in [5, 5.41) is 0.632. The predicted octanol–water partition coefficient (Wildman–Crippen LogP) is 4.14. The summed E-state index contributed by atoms with van der Waals surface area (Å²) >= 11 is 1.58. The van der Waals surface area contributed by atoms with Crippen LogP contribution in [0.1, 0.15) is 24.4 Å². The van der Waals surface area contributed by atoms with Crippen LogP contribution in [0.2, 0.25) is 0 Å². The van der Waals surface area contributed by atoms with Crippen molar-refractivity contribution in [2.45, 2.75) is 13.8 Å². The van der Waals surface area contributed by atoms with Crippen molar-refractivity contribution in [3.05, 3.63) is 35.8 Å². The van der Waals surface area contributed by atoms with Crippen LogP contribution >= 0.6 is 11.8 Å². The summed E-state index contributed by atoms with van der Waals surface area (Å²) in [6.07, 6.45) is 0. The third-order valence-corrected chi connectivity index (χ3v) is 3.82. The second-order valence-electron chi connectivity index (χ2n) is 4.60. The lowest BCUT2D eigenvalue weighted by Crippen LogP contribution is -2.03. The fraction of sp³-hybridized carbons (Fsp3) is 0.357. The highest BCUT2D eigenvalue weighted by molar-refractivity contribution is 7.99. The van der Waals surface area contributed by atoms with E-state index in [0.29, 0.717) is 17.1 Å². The van der Waals surface area contributed by atoms with Gasteiger partial charge in [-0.15, -0.1) is 0 Å². The molecule has 0 unspecified atom stereocenters. The quantitative estimate of drug-likeness (QED) is 0.762. The van der Waals surface area contributed by atoms with E-state index in [4.69, 9.17) is 4.42 Å². The highest BCUT2D eigenvalue weighted by Crippen LogP contribution is 2.23. The molecule has 18 heavy (non-hydrogen) atoms. The number of Topliss-reactive ketones (excluding diaryl/α,β-unsaturated/α-hetero) is 1. The molecule has 0 aliphatic rings. The number of ketones is 1. The first-order valence-corrected chi connectivity index (χ1v) is 7.02. The second-order valence-corrected chi connectivity index (χ2v) is 5.63. The molecule has 0 saturated heterocycles. The van der Waals surface area contributed by atoms with Gasteiger partial charge < -0.3 is 4.42 Å². The van der Waals surface area contributed by atoms with Crippen molar-refractivity contribution in [1.29, 1.82) is 0 Å². The standard InChI is InChI=1S/C14H15FO2S/c1-9(2)7-18-8-12(16)13-6-10-4-3-5-11(15)14(10)17-13/h3-6,9H,7-8H2,1-2H3. The molecule has 2 aromatic rings. The number of hydrogen-bond acceptors (Lipinski definition) is 3. The number of hydrogen-bond donors (Lipinski definition) is 0. The molecule has 2 rings (SSSR count). The van der Waals surface area contributed by atoms with Crippen LogP contribution in [0.5, 0.6) is 0 Å². The van der Waals surface area contributed by atoms with Crippen LogP contribution in [0.3, 0.4) is 0 Å². The summed E-state index contributed by atoms with van der Waals surface area (Å²) in [5.74, 6) is 1.58. The molecule has 0 N–H and O–H groups in total. The van der Waals surface area contributed by atoms with E-state index in [1.165, 1.54) is 6.07 Å². The van der Waals surface area contributed by atoms with Crippen molar-refractivity contribution in [2.75, 3.05) is 11.5 Å². The largest absolute Gasteiger partial charge is 0.450 e. The first-order chi connectivity index (χ1) is 8.58. The third kappa shape index (κ3) is 2.93. The Hall–Kier alpha value is -1.29. The third-order valence-electron chi connectivity index (χ3n) is 2.46. The molecule has 1 aromatic carbocycles. The minimum atomic E-state index is -0.429. The molecule has 1 aromatic heterocycles. The minimum Gasteiger partial charge on any atom is -0.450 e. The number of rotatable bonds is 5. The maximum atomic E-state index is 13.4. The zero-order chi connectivity index (χ0) is 13.1. The lowest BCUT2D eigenvalue weighted by Gasteiger charge is -2.02. The maximum Gasteiger partial charge on any atom is 0.207 e. The Kier molecular flexibility index (Phi) is 4.07. The van der Waals surface area contributed by atoms with Gasteiger partial charge in [-0.2, -0.15) is 11.8 Å². The highest BCUT2D eigenvalue weighted by atomic mass is 32.2. The summed E-state index contributed by atoms with van der Waals surface area (Å²) in [6, 6.07) is 6.28. The second kappa shape index (κ2) is 5.57. The number of fused-ring (bicyclic) bond motifs is 1. The van der Waals surface area contributed by atoms with E-state index in [2.05, 4.69) is 13.8 Å². The van der Waals surface area contributed by atoms with Gasteiger partial charge in [0.25, 0.3) is 0 Å². The van der Waals surface area contributed by atoms with Crippen molar-refractivity contribution in [3.8, 4) is 0 Å². The van der Waals surface area contributed by atoms with Crippen molar-refractivity contribution in [2.24, 2.45) is 5.92 Å². The average molecular weight is 266 g/mol. The average Bonchev–Trinajstić information content (AvgIpc) is 2.74. The van der Waals surface area contributed by atoms with Gasteiger partial charge >= 0.3 is 0 Å². The number of benzene rings is 1. The van der Waals surface area contributed by atoms with E-state index in [1.54, 1.807) is 30.0 Å². The van der Waals surface area contributed by atoms with Gasteiger partial charge in [-0.25, -0.2) is 4.39 Å². The SMILES string of the molecule is CC(C)CSCC(=O)c1cc2cccc(F)c2o1. The van der Waals surface area contributed by atoms with Gasteiger partial charge in [0.15, 0.2) is 17.2 Å². The van der Waals surface area contributed by atoms with Gasteiger partial charge in [-0.1, -0.05) is 26.0 Å². The molecule has 0 atom stereocenters. The number of furan rings is 1. The van der Waals surface area contributed by atoms with E-state index in [0.717, 1.165) is 5.75 Å². The molecule has 1 heterocycles. The normalized spacial score (nSPS) is 11.3. The number of para-hydroxylation sites is 1. The molecule has 0 fully saturated rings. The highest BCUT2D eigenvalue weighted by Gasteiger charge is 2.14. The van der Waals surface area contributed by atoms with Crippen LogP contribution in [0.15, 0.2) is 28.7 Å². The van der Waals surface area contributed by atoms with Crippen LogP contribution in [-0.2, 0) is 0 Å². The minimum absolute atomic E-state index is 0.0868. The molecule has 2 nitrogen and oxygen atoms in total. The van der Waals surface area contributed by atoms with Gasteiger partial charge in [-0.05, 0) is 23.8 Å². The van der Waals surface area contributed by atoms with Crippen LogP contribution in [0.4, 0.5) is 4.39 Å². The van der Waals surface area contributed by atoms with Crippen LogP contribution < -0.4 is 0 Å². The summed E-state index contributed by atoms with van der Waals surface area (Å²) in [5.41, 5.74) is 0.162. The zero-order valence-electron chi connectivity index (χ0n) is 10.4. The Balaban J connectivity index is 2.11. The van der Waals surface area contributed by atoms with Crippen molar-refractivity contribution in [3.63, 3.8) is 0 Å². The Morgan fingerprint density at radius 2 is 2.22 bits per heavy atom. The number of thioether (sulfide) groups is 1. The summed E-state index contributed by atoms with van der Waals surface area (Å²) in [4.78, 5) is 11.9. The smallest absolute Gasteiger partial charge is 0.207 e. The van der Waals surface area contributed by atoms with Gasteiger partial charge in [0.2, 0.25) is 5.78 Å². The molecule has 0 aliphatic heterocycles.